The summed E-state index contributed by atoms with van der Waals surface area (Å²) in [5.41, 5.74) is 1.64. The van der Waals surface area contributed by atoms with E-state index in [1.165, 1.54) is 11.6 Å². The predicted octanol–water partition coefficient (Wildman–Crippen LogP) is 5.08. The molecular formula is C28H39N3O5S2. The number of ether oxygens (including phenoxy) is 1. The molecule has 38 heavy (non-hydrogen) atoms. The van der Waals surface area contributed by atoms with Gasteiger partial charge < -0.3 is 30.2 Å². The molecule has 2 atom stereocenters. The van der Waals surface area contributed by atoms with Gasteiger partial charge in [-0.15, -0.1) is 0 Å². The zero-order valence-corrected chi connectivity index (χ0v) is 24.2. The van der Waals surface area contributed by atoms with Crippen LogP contribution in [0.25, 0.3) is 10.2 Å². The molecule has 0 radical (unpaired) electrons. The summed E-state index contributed by atoms with van der Waals surface area (Å²) in [5, 5.41) is 23.8. The molecule has 208 valence electrons. The fourth-order valence-corrected chi connectivity index (χ4v) is 5.85. The number of nitrogens with one attached hydrogen (secondary N) is 2. The average molecular weight is 562 g/mol. The van der Waals surface area contributed by atoms with Crippen LogP contribution < -0.4 is 10.2 Å². The number of amides is 1. The minimum absolute atomic E-state index is 0.000888. The van der Waals surface area contributed by atoms with Gasteiger partial charge in [0.25, 0.3) is 0 Å². The van der Waals surface area contributed by atoms with Crippen molar-refractivity contribution in [2.45, 2.75) is 51.7 Å². The van der Waals surface area contributed by atoms with Crippen molar-refractivity contribution in [3.05, 3.63) is 63.3 Å². The van der Waals surface area contributed by atoms with Crippen molar-refractivity contribution < 1.29 is 19.7 Å². The van der Waals surface area contributed by atoms with E-state index in [4.69, 9.17) is 4.74 Å². The molecule has 0 bridgehead atoms. The Morgan fingerprint density at radius 1 is 1.18 bits per heavy atom. The first-order valence-electron chi connectivity index (χ1n) is 12.9. The number of thioether (sulfide) groups is 1. The highest BCUT2D eigenvalue weighted by Crippen LogP contribution is 2.31. The van der Waals surface area contributed by atoms with E-state index in [9.17, 15) is 19.8 Å². The molecule has 1 amide bonds. The van der Waals surface area contributed by atoms with Gasteiger partial charge in [0.15, 0.2) is 0 Å². The molecule has 8 nitrogen and oxygen atoms in total. The molecular weight excluding hydrogens is 522 g/mol. The third kappa shape index (κ3) is 9.04. The third-order valence-electron chi connectivity index (χ3n) is 5.95. The van der Waals surface area contributed by atoms with Crippen LogP contribution in [0.3, 0.4) is 0 Å². The van der Waals surface area contributed by atoms with Crippen LogP contribution >= 0.6 is 23.1 Å². The zero-order valence-electron chi connectivity index (χ0n) is 22.5. The molecule has 10 heteroatoms. The Morgan fingerprint density at radius 3 is 2.63 bits per heavy atom. The normalized spacial score (nSPS) is 13.4. The summed E-state index contributed by atoms with van der Waals surface area (Å²) >= 11 is 2.77. The van der Waals surface area contributed by atoms with Crippen LogP contribution in [0.15, 0.2) is 47.3 Å². The lowest BCUT2D eigenvalue weighted by Crippen LogP contribution is -2.40. The number of H-pyrrole nitrogens is 1. The first kappa shape index (κ1) is 30.0. The number of carbonyl (C=O) groups excluding carboxylic acids is 1. The maximum absolute atomic E-state index is 12.8. The van der Waals surface area contributed by atoms with E-state index < -0.39 is 11.7 Å². The van der Waals surface area contributed by atoms with Gasteiger partial charge in [-0.25, -0.2) is 4.79 Å². The molecule has 0 fully saturated rings. The second-order valence-corrected chi connectivity index (χ2v) is 12.5. The van der Waals surface area contributed by atoms with E-state index in [1.54, 1.807) is 22.7 Å². The van der Waals surface area contributed by atoms with Crippen molar-refractivity contribution >= 4 is 39.4 Å². The van der Waals surface area contributed by atoms with Gasteiger partial charge in [-0.1, -0.05) is 54.7 Å². The number of aliphatic hydroxyl groups is 1. The van der Waals surface area contributed by atoms with Crippen molar-refractivity contribution in [3.63, 3.8) is 0 Å². The average Bonchev–Trinajstić information content (AvgIpc) is 3.26. The summed E-state index contributed by atoms with van der Waals surface area (Å²) < 4.78 is 6.23. The molecule has 2 aromatic carbocycles. The minimum Gasteiger partial charge on any atom is -0.506 e. The van der Waals surface area contributed by atoms with Crippen molar-refractivity contribution in [3.8, 4) is 5.75 Å². The molecule has 3 aromatic rings. The number of benzene rings is 2. The highest BCUT2D eigenvalue weighted by Gasteiger charge is 2.24. The number of phenols is 1. The monoisotopic (exact) mass is 561 g/mol. The van der Waals surface area contributed by atoms with Gasteiger partial charge in [-0.2, -0.15) is 11.8 Å². The lowest BCUT2D eigenvalue weighted by molar-refractivity contribution is 0.0253. The first-order chi connectivity index (χ1) is 18.0. The maximum atomic E-state index is 12.8. The van der Waals surface area contributed by atoms with Crippen LogP contribution in [-0.2, 0) is 4.74 Å². The standard InChI is InChI=1S/C28H39N3O5S2/c1-19(20-9-6-5-7-10-20)18-31(27(35)36-28(2,3)4)14-16-37-15-8-13-29-17-23(33)21-11-12-22(32)24-25(21)38-26(34)30-24/h5-7,9-12,19,23,29,32-33H,8,13-18H2,1-4H3,(H,30,34)/t19?,23-/m0/s1. The molecule has 0 saturated carbocycles. The fraction of sp³-hybridized carbons (Fsp3) is 0.500. The second kappa shape index (κ2) is 14.0. The molecule has 1 heterocycles. The topological polar surface area (TPSA) is 115 Å². The van der Waals surface area contributed by atoms with E-state index >= 15 is 0 Å². The van der Waals surface area contributed by atoms with Crippen LogP contribution in [0, 0.1) is 0 Å². The molecule has 4 N–H and O–H groups in total. The fourth-order valence-electron chi connectivity index (χ4n) is 4.03. The van der Waals surface area contributed by atoms with E-state index in [-0.39, 0.29) is 22.6 Å². The number of phenolic OH excluding ortho intramolecular Hbond substituents is 1. The molecule has 0 aliphatic carbocycles. The van der Waals surface area contributed by atoms with Gasteiger partial charge in [0.1, 0.15) is 16.9 Å². The Hall–Kier alpha value is -2.53. The highest BCUT2D eigenvalue weighted by atomic mass is 32.2. The number of thiazole rings is 1. The van der Waals surface area contributed by atoms with Crippen LogP contribution in [-0.4, -0.2) is 69.5 Å². The summed E-state index contributed by atoms with van der Waals surface area (Å²) in [5.74, 6) is 1.93. The summed E-state index contributed by atoms with van der Waals surface area (Å²) in [6.45, 7) is 10.1. The largest absolute Gasteiger partial charge is 0.506 e. The van der Waals surface area contributed by atoms with E-state index in [1.807, 2.05) is 39.0 Å². The van der Waals surface area contributed by atoms with Gasteiger partial charge in [-0.3, -0.25) is 4.79 Å². The van der Waals surface area contributed by atoms with Crippen molar-refractivity contribution in [2.24, 2.45) is 0 Å². The number of hydrogen-bond donors (Lipinski definition) is 4. The molecule has 1 unspecified atom stereocenters. The van der Waals surface area contributed by atoms with E-state index in [0.29, 0.717) is 35.4 Å². The van der Waals surface area contributed by atoms with Crippen molar-refractivity contribution in [1.29, 1.82) is 0 Å². The number of aromatic nitrogens is 1. The summed E-state index contributed by atoms with van der Waals surface area (Å²) in [6.07, 6.45) is -0.161. The Labute approximate surface area is 232 Å². The number of rotatable bonds is 13. The summed E-state index contributed by atoms with van der Waals surface area (Å²) in [6, 6.07) is 13.3. The third-order valence-corrected chi connectivity index (χ3v) is 7.93. The predicted molar refractivity (Wildman–Crippen MR) is 157 cm³/mol. The Kier molecular flexibility index (Phi) is 11.1. The quantitative estimate of drug-likeness (QED) is 0.215. The Morgan fingerprint density at radius 2 is 1.92 bits per heavy atom. The number of carbonyl (C=O) groups is 1. The number of aromatic amines is 1. The van der Waals surface area contributed by atoms with Crippen molar-refractivity contribution in [2.75, 3.05) is 37.7 Å². The molecule has 1 aromatic heterocycles. The minimum atomic E-state index is -0.786. The van der Waals surface area contributed by atoms with Crippen LogP contribution in [0.5, 0.6) is 5.75 Å². The lowest BCUT2D eigenvalue weighted by atomic mass is 10.0. The van der Waals surface area contributed by atoms with Gasteiger partial charge in [0, 0.05) is 31.0 Å². The number of nitrogens with zero attached hydrogens (tertiary/aromatic N) is 1. The Bertz CT molecular complexity index is 1220. The van der Waals surface area contributed by atoms with Gasteiger partial charge >= 0.3 is 11.0 Å². The van der Waals surface area contributed by atoms with E-state index in [0.717, 1.165) is 35.8 Å². The Balaban J connectivity index is 1.40. The van der Waals surface area contributed by atoms with Crippen LogP contribution in [0.2, 0.25) is 0 Å². The lowest BCUT2D eigenvalue weighted by Gasteiger charge is -2.29. The summed E-state index contributed by atoms with van der Waals surface area (Å²) in [4.78, 5) is 28.7. The smallest absolute Gasteiger partial charge is 0.410 e. The zero-order chi connectivity index (χ0) is 27.7. The van der Waals surface area contributed by atoms with Crippen LogP contribution in [0.4, 0.5) is 4.79 Å². The summed E-state index contributed by atoms with van der Waals surface area (Å²) in [7, 11) is 0. The number of aromatic hydroxyl groups is 1. The molecule has 0 aliphatic rings. The molecule has 0 aliphatic heterocycles. The number of hydrogen-bond acceptors (Lipinski definition) is 8. The first-order valence-corrected chi connectivity index (χ1v) is 14.9. The van der Waals surface area contributed by atoms with Gasteiger partial charge in [-0.05, 0) is 57.0 Å². The number of fused-ring (bicyclic) bond motifs is 1. The molecule has 0 saturated heterocycles. The highest BCUT2D eigenvalue weighted by molar-refractivity contribution is 7.99. The van der Waals surface area contributed by atoms with Crippen molar-refractivity contribution in [1.82, 2.24) is 15.2 Å². The van der Waals surface area contributed by atoms with Gasteiger partial charge in [0.2, 0.25) is 0 Å². The molecule has 3 rings (SSSR count). The SMILES string of the molecule is CC(CN(CCSCCCNC[C@H](O)c1ccc(O)c2[nH]c(=O)sc12)C(=O)OC(C)(C)C)c1ccccc1. The van der Waals surface area contributed by atoms with Crippen LogP contribution in [0.1, 0.15) is 57.3 Å². The maximum Gasteiger partial charge on any atom is 0.410 e. The second-order valence-electron chi connectivity index (χ2n) is 10.3. The van der Waals surface area contributed by atoms with Gasteiger partial charge in [0.05, 0.1) is 10.8 Å². The number of aliphatic hydroxyl groups excluding tert-OH is 1. The van der Waals surface area contributed by atoms with E-state index in [2.05, 4.69) is 29.4 Å². The molecule has 0 spiro atoms.